The van der Waals surface area contributed by atoms with Gasteiger partial charge in [-0.2, -0.15) is 0 Å². The highest BCUT2D eigenvalue weighted by molar-refractivity contribution is 4.88. The smallest absolute Gasteiger partial charge is 0.131 e. The Morgan fingerprint density at radius 2 is 1.13 bits per heavy atom. The molecule has 0 heterocycles. The summed E-state index contributed by atoms with van der Waals surface area (Å²) >= 11 is 0. The molecule has 0 N–H and O–H groups in total. The molecule has 1 spiro atoms. The van der Waals surface area contributed by atoms with E-state index in [1.807, 2.05) is 0 Å². The molecule has 2 saturated carbocycles. The molecule has 0 aromatic heterocycles. The van der Waals surface area contributed by atoms with Crippen molar-refractivity contribution in [3.8, 4) is 0 Å². The minimum atomic E-state index is -1.19. The third-order valence-electron chi connectivity index (χ3n) is 4.46. The molecular formula is C13H22F2. The fourth-order valence-electron chi connectivity index (χ4n) is 3.35. The van der Waals surface area contributed by atoms with Crippen molar-refractivity contribution < 1.29 is 8.78 Å². The lowest BCUT2D eigenvalue weighted by Crippen LogP contribution is -2.19. The predicted molar refractivity (Wildman–Crippen MR) is 58.4 cm³/mol. The minimum Gasteiger partial charge on any atom is -0.244 e. The first kappa shape index (κ1) is 11.3. The highest BCUT2D eigenvalue weighted by Crippen LogP contribution is 2.46. The third kappa shape index (κ3) is 2.70. The summed E-state index contributed by atoms with van der Waals surface area (Å²) in [7, 11) is 0. The maximum Gasteiger partial charge on any atom is 0.131 e. The molecule has 0 radical (unpaired) electrons. The van der Waals surface area contributed by atoms with E-state index in [2.05, 4.69) is 0 Å². The molecule has 2 fully saturated rings. The minimum absolute atomic E-state index is 0.307. The number of halogens is 2. The van der Waals surface area contributed by atoms with Crippen molar-refractivity contribution in [2.24, 2.45) is 5.41 Å². The molecule has 2 aliphatic carbocycles. The molecule has 0 bridgehead atoms. The Balaban J connectivity index is 2.00. The lowest BCUT2D eigenvalue weighted by molar-refractivity contribution is 0.158. The molecule has 0 saturated heterocycles. The van der Waals surface area contributed by atoms with Crippen molar-refractivity contribution >= 4 is 0 Å². The average Bonchev–Trinajstić information content (AvgIpc) is 2.55. The van der Waals surface area contributed by atoms with E-state index in [0.29, 0.717) is 18.3 Å². The Hall–Kier alpha value is -0.140. The van der Waals surface area contributed by atoms with Crippen LogP contribution in [-0.4, -0.2) is 12.3 Å². The lowest BCUT2D eigenvalue weighted by atomic mass is 9.74. The average molecular weight is 216 g/mol. The molecule has 0 aromatic rings. The second-order valence-corrected chi connectivity index (χ2v) is 5.52. The Labute approximate surface area is 91.4 Å². The van der Waals surface area contributed by atoms with Crippen molar-refractivity contribution in [1.82, 2.24) is 0 Å². The van der Waals surface area contributed by atoms with Gasteiger partial charge in [0.05, 0.1) is 0 Å². The Bertz CT molecular complexity index is 181. The Morgan fingerprint density at radius 1 is 0.667 bits per heavy atom. The number of hydrogen-bond donors (Lipinski definition) is 0. The first-order valence-corrected chi connectivity index (χ1v) is 6.50. The molecule has 2 heteroatoms. The summed E-state index contributed by atoms with van der Waals surface area (Å²) in [4.78, 5) is 0. The molecule has 2 rings (SSSR count). The predicted octanol–water partition coefficient (Wildman–Crippen LogP) is 4.58. The summed E-state index contributed by atoms with van der Waals surface area (Å²) in [6, 6.07) is 0. The van der Waals surface area contributed by atoms with Crippen LogP contribution in [0, 0.1) is 5.41 Å². The van der Waals surface area contributed by atoms with Crippen LogP contribution in [0.2, 0.25) is 0 Å². The van der Waals surface area contributed by atoms with E-state index in [9.17, 15) is 8.78 Å². The van der Waals surface area contributed by atoms with E-state index >= 15 is 0 Å². The van der Waals surface area contributed by atoms with Gasteiger partial charge < -0.3 is 0 Å². The molecule has 2 unspecified atom stereocenters. The van der Waals surface area contributed by atoms with Crippen LogP contribution in [0.3, 0.4) is 0 Å². The zero-order valence-electron chi connectivity index (χ0n) is 9.48. The van der Waals surface area contributed by atoms with E-state index in [1.165, 1.54) is 38.5 Å². The van der Waals surface area contributed by atoms with Crippen molar-refractivity contribution in [2.75, 3.05) is 0 Å². The van der Waals surface area contributed by atoms with Crippen LogP contribution < -0.4 is 0 Å². The van der Waals surface area contributed by atoms with Gasteiger partial charge in [-0.1, -0.05) is 25.7 Å². The number of hydrogen-bond acceptors (Lipinski definition) is 0. The first-order valence-electron chi connectivity index (χ1n) is 6.50. The van der Waals surface area contributed by atoms with Gasteiger partial charge in [0.15, 0.2) is 0 Å². The third-order valence-corrected chi connectivity index (χ3v) is 4.46. The van der Waals surface area contributed by atoms with E-state index in [0.717, 1.165) is 12.8 Å². The highest BCUT2D eigenvalue weighted by Gasteiger charge is 2.37. The zero-order valence-corrected chi connectivity index (χ0v) is 9.48. The summed E-state index contributed by atoms with van der Waals surface area (Å²) < 4.78 is 26.6. The van der Waals surface area contributed by atoms with Gasteiger partial charge in [0, 0.05) is 0 Å². The summed E-state index contributed by atoms with van der Waals surface area (Å²) in [6.45, 7) is 0. The summed E-state index contributed by atoms with van der Waals surface area (Å²) in [5.74, 6) is 0. The van der Waals surface area contributed by atoms with Crippen LogP contribution in [0.25, 0.3) is 0 Å². The molecular weight excluding hydrogens is 194 g/mol. The summed E-state index contributed by atoms with van der Waals surface area (Å²) in [6.07, 6.45) is 8.01. The highest BCUT2D eigenvalue weighted by atomic mass is 19.2. The summed E-state index contributed by atoms with van der Waals surface area (Å²) in [5.41, 5.74) is 0.307. The fourth-order valence-corrected chi connectivity index (χ4v) is 3.35. The van der Waals surface area contributed by atoms with Crippen molar-refractivity contribution in [1.29, 1.82) is 0 Å². The van der Waals surface area contributed by atoms with Gasteiger partial charge in [-0.05, 0) is 43.9 Å². The zero-order chi connectivity index (χ0) is 10.7. The molecule has 88 valence electrons. The van der Waals surface area contributed by atoms with Crippen LogP contribution >= 0.6 is 0 Å². The van der Waals surface area contributed by atoms with Gasteiger partial charge in [0.2, 0.25) is 0 Å². The second kappa shape index (κ2) is 4.80. The Kier molecular flexibility index (Phi) is 3.63. The van der Waals surface area contributed by atoms with Gasteiger partial charge in [0.1, 0.15) is 12.3 Å². The fraction of sp³-hybridized carbons (Fsp3) is 1.00. The van der Waals surface area contributed by atoms with Crippen molar-refractivity contribution in [3.63, 3.8) is 0 Å². The molecule has 2 aliphatic rings. The van der Waals surface area contributed by atoms with Gasteiger partial charge in [-0.3, -0.25) is 0 Å². The SMILES string of the molecule is FC1CCC2(CCCCCC2)CCC1F. The van der Waals surface area contributed by atoms with Crippen LogP contribution in [0.5, 0.6) is 0 Å². The second-order valence-electron chi connectivity index (χ2n) is 5.52. The molecule has 0 nitrogen and oxygen atoms in total. The summed E-state index contributed by atoms with van der Waals surface area (Å²) in [5, 5.41) is 0. The lowest BCUT2D eigenvalue weighted by Gasteiger charge is -2.31. The molecule has 15 heavy (non-hydrogen) atoms. The van der Waals surface area contributed by atoms with Crippen molar-refractivity contribution in [3.05, 3.63) is 0 Å². The largest absolute Gasteiger partial charge is 0.244 e. The Morgan fingerprint density at radius 3 is 1.60 bits per heavy atom. The standard InChI is InChI=1S/C13H22F2/c14-11-5-9-13(10-6-12(11)15)7-3-1-2-4-8-13/h11-12H,1-10H2. The van der Waals surface area contributed by atoms with Gasteiger partial charge in [-0.25, -0.2) is 8.78 Å². The quantitative estimate of drug-likeness (QED) is 0.556. The van der Waals surface area contributed by atoms with Crippen molar-refractivity contribution in [2.45, 2.75) is 76.6 Å². The van der Waals surface area contributed by atoms with Crippen LogP contribution in [0.1, 0.15) is 64.2 Å². The molecule has 2 atom stereocenters. The maximum atomic E-state index is 13.3. The van der Waals surface area contributed by atoms with Gasteiger partial charge >= 0.3 is 0 Å². The van der Waals surface area contributed by atoms with Crippen LogP contribution in [-0.2, 0) is 0 Å². The van der Waals surface area contributed by atoms with Crippen LogP contribution in [0.4, 0.5) is 8.78 Å². The van der Waals surface area contributed by atoms with E-state index in [4.69, 9.17) is 0 Å². The van der Waals surface area contributed by atoms with E-state index < -0.39 is 12.3 Å². The normalized spacial score (nSPS) is 37.2. The molecule has 0 aliphatic heterocycles. The molecule has 0 aromatic carbocycles. The number of rotatable bonds is 0. The van der Waals surface area contributed by atoms with E-state index in [1.54, 1.807) is 0 Å². The van der Waals surface area contributed by atoms with Gasteiger partial charge in [0.25, 0.3) is 0 Å². The van der Waals surface area contributed by atoms with E-state index in [-0.39, 0.29) is 0 Å². The monoisotopic (exact) mass is 216 g/mol. The number of alkyl halides is 2. The topological polar surface area (TPSA) is 0 Å². The van der Waals surface area contributed by atoms with Gasteiger partial charge in [-0.15, -0.1) is 0 Å². The molecule has 0 amide bonds. The first-order chi connectivity index (χ1) is 7.22. The van der Waals surface area contributed by atoms with Crippen LogP contribution in [0.15, 0.2) is 0 Å². The maximum absolute atomic E-state index is 13.3.